The van der Waals surface area contributed by atoms with Gasteiger partial charge >= 0.3 is 0 Å². The molecule has 0 amide bonds. The zero-order chi connectivity index (χ0) is 14.8. The molecule has 0 saturated carbocycles. The van der Waals surface area contributed by atoms with Crippen molar-refractivity contribution < 1.29 is 9.15 Å². The standard InChI is InChI=1S/C6H14O.C5H6O.C3H8.C2H6/c1-6(2)4-5-7-3;1-5-2-3-6-4-5;1-3-2;1-2/h6H,4-5H2,1-3H3;2-4H,1H3;3H2,1-2H3;1-2H3. The third-order valence-electron chi connectivity index (χ3n) is 1.56. The van der Waals surface area contributed by atoms with Crippen LogP contribution in [0.1, 0.15) is 59.9 Å². The highest BCUT2D eigenvalue weighted by atomic mass is 16.5. The minimum absolute atomic E-state index is 0.778. The van der Waals surface area contributed by atoms with Crippen LogP contribution in [0.5, 0.6) is 0 Å². The minimum atomic E-state index is 0.778. The summed E-state index contributed by atoms with van der Waals surface area (Å²) in [6, 6.07) is 1.92. The molecule has 1 aromatic heterocycles. The molecule has 1 rings (SSSR count). The van der Waals surface area contributed by atoms with E-state index in [9.17, 15) is 0 Å². The summed E-state index contributed by atoms with van der Waals surface area (Å²) in [4.78, 5) is 0. The summed E-state index contributed by atoms with van der Waals surface area (Å²) in [5.74, 6) is 0.778. The van der Waals surface area contributed by atoms with Crippen LogP contribution in [0.15, 0.2) is 23.0 Å². The third kappa shape index (κ3) is 29.5. The Morgan fingerprint density at radius 3 is 1.83 bits per heavy atom. The van der Waals surface area contributed by atoms with Crippen molar-refractivity contribution in [3.8, 4) is 0 Å². The molecular formula is C16H34O2. The van der Waals surface area contributed by atoms with E-state index in [4.69, 9.17) is 9.15 Å². The molecule has 0 aliphatic heterocycles. The molecule has 0 spiro atoms. The van der Waals surface area contributed by atoms with Crippen LogP contribution in [-0.4, -0.2) is 13.7 Å². The normalized spacial score (nSPS) is 8.28. The molecule has 0 unspecified atom stereocenters. The molecule has 18 heavy (non-hydrogen) atoms. The first kappa shape index (κ1) is 22.4. The topological polar surface area (TPSA) is 22.4 Å². The fourth-order valence-corrected chi connectivity index (χ4v) is 0.686. The van der Waals surface area contributed by atoms with E-state index in [1.807, 2.05) is 26.8 Å². The van der Waals surface area contributed by atoms with Gasteiger partial charge in [0.2, 0.25) is 0 Å². The van der Waals surface area contributed by atoms with Gasteiger partial charge in [-0.15, -0.1) is 0 Å². The lowest BCUT2D eigenvalue weighted by Crippen LogP contribution is -1.93. The van der Waals surface area contributed by atoms with Crippen molar-refractivity contribution in [1.82, 2.24) is 0 Å². The van der Waals surface area contributed by atoms with E-state index in [1.54, 1.807) is 19.6 Å². The Labute approximate surface area is 115 Å². The zero-order valence-electron chi connectivity index (χ0n) is 13.7. The maximum Gasteiger partial charge on any atom is 0.0931 e. The number of furan rings is 1. The second-order valence-corrected chi connectivity index (χ2v) is 4.18. The van der Waals surface area contributed by atoms with Gasteiger partial charge in [-0.1, -0.05) is 48.0 Å². The number of ether oxygens (including phenoxy) is 1. The monoisotopic (exact) mass is 258 g/mol. The molecule has 0 radical (unpaired) electrons. The Morgan fingerprint density at radius 2 is 1.72 bits per heavy atom. The van der Waals surface area contributed by atoms with Crippen molar-refractivity contribution in [3.05, 3.63) is 24.2 Å². The molecule has 2 nitrogen and oxygen atoms in total. The average molecular weight is 258 g/mol. The second kappa shape index (κ2) is 21.5. The van der Waals surface area contributed by atoms with Crippen molar-refractivity contribution in [1.29, 1.82) is 0 Å². The van der Waals surface area contributed by atoms with E-state index in [1.165, 1.54) is 18.4 Å². The Balaban J connectivity index is -0.000000186. The van der Waals surface area contributed by atoms with Crippen LogP contribution in [0.25, 0.3) is 0 Å². The zero-order valence-corrected chi connectivity index (χ0v) is 13.7. The molecule has 0 aliphatic rings. The highest BCUT2D eigenvalue weighted by Gasteiger charge is 1.89. The van der Waals surface area contributed by atoms with Crippen molar-refractivity contribution in [2.75, 3.05) is 13.7 Å². The van der Waals surface area contributed by atoms with Crippen LogP contribution >= 0.6 is 0 Å². The maximum atomic E-state index is 4.85. The Kier molecular flexibility index (Phi) is 26.8. The average Bonchev–Trinajstić information content (AvgIpc) is 2.82. The lowest BCUT2D eigenvalue weighted by molar-refractivity contribution is 0.183. The predicted molar refractivity (Wildman–Crippen MR) is 82.1 cm³/mol. The van der Waals surface area contributed by atoms with Crippen LogP contribution in [0.2, 0.25) is 0 Å². The van der Waals surface area contributed by atoms with Crippen molar-refractivity contribution in [3.63, 3.8) is 0 Å². The van der Waals surface area contributed by atoms with Gasteiger partial charge in [0, 0.05) is 13.7 Å². The smallest absolute Gasteiger partial charge is 0.0931 e. The molecule has 0 N–H and O–H groups in total. The molecular weight excluding hydrogens is 224 g/mol. The summed E-state index contributed by atoms with van der Waals surface area (Å²) in [6.45, 7) is 15.5. The van der Waals surface area contributed by atoms with Crippen LogP contribution in [0.3, 0.4) is 0 Å². The van der Waals surface area contributed by atoms with Crippen molar-refractivity contribution in [2.24, 2.45) is 5.92 Å². The van der Waals surface area contributed by atoms with Gasteiger partial charge in [-0.05, 0) is 30.9 Å². The van der Waals surface area contributed by atoms with Gasteiger partial charge in [0.1, 0.15) is 0 Å². The van der Waals surface area contributed by atoms with Gasteiger partial charge in [0.05, 0.1) is 12.5 Å². The third-order valence-corrected chi connectivity index (χ3v) is 1.56. The summed E-state index contributed by atoms with van der Waals surface area (Å²) >= 11 is 0. The van der Waals surface area contributed by atoms with Gasteiger partial charge in [0.15, 0.2) is 0 Å². The van der Waals surface area contributed by atoms with Gasteiger partial charge in [-0.3, -0.25) is 0 Å². The Morgan fingerprint density at radius 1 is 1.22 bits per heavy atom. The highest BCUT2D eigenvalue weighted by molar-refractivity contribution is 5.00. The number of rotatable bonds is 3. The van der Waals surface area contributed by atoms with Gasteiger partial charge in [-0.25, -0.2) is 0 Å². The molecule has 0 fully saturated rings. The van der Waals surface area contributed by atoms with Crippen molar-refractivity contribution in [2.45, 2.75) is 61.3 Å². The fourth-order valence-electron chi connectivity index (χ4n) is 0.686. The second-order valence-electron chi connectivity index (χ2n) is 4.18. The summed E-state index contributed by atoms with van der Waals surface area (Å²) in [5, 5.41) is 0. The minimum Gasteiger partial charge on any atom is -0.472 e. The van der Waals surface area contributed by atoms with Gasteiger partial charge < -0.3 is 9.15 Å². The molecule has 0 aliphatic carbocycles. The highest BCUT2D eigenvalue weighted by Crippen LogP contribution is 1.97. The molecule has 0 atom stereocenters. The molecule has 1 heterocycles. The van der Waals surface area contributed by atoms with Crippen LogP contribution < -0.4 is 0 Å². The fraction of sp³-hybridized carbons (Fsp3) is 0.750. The quantitative estimate of drug-likeness (QED) is 0.693. The van der Waals surface area contributed by atoms with E-state index in [-0.39, 0.29) is 0 Å². The molecule has 0 saturated heterocycles. The first-order valence-corrected chi connectivity index (χ1v) is 7.06. The maximum absolute atomic E-state index is 4.85. The van der Waals surface area contributed by atoms with E-state index in [0.29, 0.717) is 0 Å². The first-order valence-electron chi connectivity index (χ1n) is 7.06. The number of methoxy groups -OCH3 is 1. The van der Waals surface area contributed by atoms with Crippen LogP contribution in [0, 0.1) is 12.8 Å². The summed E-state index contributed by atoms with van der Waals surface area (Å²) in [5.41, 5.74) is 1.18. The number of aryl methyl sites for hydroxylation is 1. The van der Waals surface area contributed by atoms with E-state index in [0.717, 1.165) is 12.5 Å². The first-order chi connectivity index (χ1) is 8.58. The van der Waals surface area contributed by atoms with Gasteiger partial charge in [0.25, 0.3) is 0 Å². The Hall–Kier alpha value is -0.760. The number of hydrogen-bond acceptors (Lipinski definition) is 2. The summed E-state index contributed by atoms with van der Waals surface area (Å²) < 4.78 is 9.57. The van der Waals surface area contributed by atoms with Crippen molar-refractivity contribution >= 4 is 0 Å². The molecule has 110 valence electrons. The summed E-state index contributed by atoms with van der Waals surface area (Å²) in [6.07, 6.45) is 5.80. The van der Waals surface area contributed by atoms with E-state index in [2.05, 4.69) is 27.7 Å². The van der Waals surface area contributed by atoms with Crippen LogP contribution in [-0.2, 0) is 4.74 Å². The largest absolute Gasteiger partial charge is 0.472 e. The molecule has 0 aromatic carbocycles. The SMILES string of the molecule is CC.CCC.COCCC(C)C.Cc1ccoc1. The molecule has 0 bridgehead atoms. The van der Waals surface area contributed by atoms with Gasteiger partial charge in [-0.2, -0.15) is 0 Å². The predicted octanol–water partition coefficient (Wildman–Crippen LogP) is 5.71. The number of hydrogen-bond donors (Lipinski definition) is 0. The van der Waals surface area contributed by atoms with E-state index >= 15 is 0 Å². The summed E-state index contributed by atoms with van der Waals surface area (Å²) in [7, 11) is 1.74. The lowest BCUT2D eigenvalue weighted by atomic mass is 10.1. The molecule has 2 heteroatoms. The Bertz CT molecular complexity index is 191. The lowest BCUT2D eigenvalue weighted by Gasteiger charge is -1.99. The van der Waals surface area contributed by atoms with Crippen LogP contribution in [0.4, 0.5) is 0 Å². The van der Waals surface area contributed by atoms with E-state index < -0.39 is 0 Å². The molecule has 1 aromatic rings.